The van der Waals surface area contributed by atoms with Crippen LogP contribution in [-0.2, 0) is 9.53 Å². The van der Waals surface area contributed by atoms with Crippen molar-refractivity contribution in [3.05, 3.63) is 63.2 Å². The Kier molecular flexibility index (Phi) is 5.86. The Bertz CT molecular complexity index is 741. The molecule has 0 unspecified atom stereocenters. The van der Waals surface area contributed by atoms with Crippen molar-refractivity contribution in [3.8, 4) is 0 Å². The highest BCUT2D eigenvalue weighted by Gasteiger charge is 2.10. The summed E-state index contributed by atoms with van der Waals surface area (Å²) in [4.78, 5) is 34.8. The van der Waals surface area contributed by atoms with Gasteiger partial charge in [-0.2, -0.15) is 0 Å². The molecule has 2 aromatic carbocycles. The summed E-state index contributed by atoms with van der Waals surface area (Å²) >= 11 is 2.09. The van der Waals surface area contributed by atoms with Gasteiger partial charge in [-0.1, -0.05) is 6.07 Å². The molecule has 0 saturated heterocycles. The first-order valence-electron chi connectivity index (χ1n) is 6.79. The molecular weight excluding hydrogens is 409 g/mol. The summed E-state index contributed by atoms with van der Waals surface area (Å²) in [6.07, 6.45) is 0. The highest BCUT2D eigenvalue weighted by Crippen LogP contribution is 2.11. The van der Waals surface area contributed by atoms with E-state index in [4.69, 9.17) is 4.74 Å². The van der Waals surface area contributed by atoms with Gasteiger partial charge in [-0.15, -0.1) is 0 Å². The molecule has 0 atom stereocenters. The molecule has 0 aliphatic carbocycles. The number of esters is 1. The molecule has 0 spiro atoms. The van der Waals surface area contributed by atoms with Gasteiger partial charge in [-0.05, 0) is 72.0 Å². The minimum Gasteiger partial charge on any atom is -0.452 e. The third-order valence-electron chi connectivity index (χ3n) is 2.97. The number of halogens is 1. The number of carbonyl (C=O) groups excluding carboxylic acids is 3. The molecule has 118 valence electrons. The fourth-order valence-electron chi connectivity index (χ4n) is 1.82. The van der Waals surface area contributed by atoms with Crippen molar-refractivity contribution >= 4 is 45.9 Å². The molecule has 0 aromatic heterocycles. The minimum absolute atomic E-state index is 0.0469. The molecule has 0 saturated carbocycles. The number of hydrogen-bond acceptors (Lipinski definition) is 4. The lowest BCUT2D eigenvalue weighted by atomic mass is 10.1. The molecule has 0 aliphatic heterocycles. The van der Waals surface area contributed by atoms with E-state index in [0.29, 0.717) is 16.8 Å². The Hall–Kier alpha value is -2.22. The van der Waals surface area contributed by atoms with E-state index in [2.05, 4.69) is 27.9 Å². The second kappa shape index (κ2) is 7.87. The number of hydrogen-bond donors (Lipinski definition) is 1. The highest BCUT2D eigenvalue weighted by molar-refractivity contribution is 14.1. The lowest BCUT2D eigenvalue weighted by Gasteiger charge is -2.07. The van der Waals surface area contributed by atoms with E-state index in [9.17, 15) is 14.4 Å². The van der Waals surface area contributed by atoms with Crippen molar-refractivity contribution in [2.24, 2.45) is 0 Å². The number of nitrogens with one attached hydrogen (secondary N) is 1. The Morgan fingerprint density at radius 1 is 1.04 bits per heavy atom. The maximum atomic E-state index is 11.8. The van der Waals surface area contributed by atoms with E-state index >= 15 is 0 Å². The number of ketones is 1. The zero-order valence-electron chi connectivity index (χ0n) is 12.3. The van der Waals surface area contributed by atoms with Crippen molar-refractivity contribution in [3.63, 3.8) is 0 Å². The van der Waals surface area contributed by atoms with Gasteiger partial charge in [0.1, 0.15) is 0 Å². The molecule has 1 amide bonds. The molecule has 1 N–H and O–H groups in total. The van der Waals surface area contributed by atoms with Crippen LogP contribution in [0.25, 0.3) is 0 Å². The largest absolute Gasteiger partial charge is 0.452 e. The van der Waals surface area contributed by atoms with Crippen LogP contribution in [0.1, 0.15) is 27.6 Å². The predicted molar refractivity (Wildman–Crippen MR) is 94.5 cm³/mol. The van der Waals surface area contributed by atoms with Crippen molar-refractivity contribution in [2.45, 2.75) is 6.92 Å². The van der Waals surface area contributed by atoms with Crippen molar-refractivity contribution in [1.29, 1.82) is 0 Å². The molecule has 0 aliphatic rings. The van der Waals surface area contributed by atoms with Gasteiger partial charge in [-0.3, -0.25) is 9.59 Å². The SMILES string of the molecule is CC(=O)c1ccc(NC(=O)COC(=O)c2cccc(I)c2)cc1. The number of Topliss-reactive ketones (excluding diaryl/α,β-unsaturated/α-hetero) is 1. The molecule has 23 heavy (non-hydrogen) atoms. The van der Waals surface area contributed by atoms with Crippen molar-refractivity contribution in [2.75, 3.05) is 11.9 Å². The summed E-state index contributed by atoms with van der Waals surface area (Å²) in [5.74, 6) is -1.04. The van der Waals surface area contributed by atoms with E-state index < -0.39 is 11.9 Å². The van der Waals surface area contributed by atoms with Crippen LogP contribution < -0.4 is 5.32 Å². The van der Waals surface area contributed by atoms with Crippen LogP contribution >= 0.6 is 22.6 Å². The maximum Gasteiger partial charge on any atom is 0.338 e. The third-order valence-corrected chi connectivity index (χ3v) is 3.64. The standard InChI is InChI=1S/C17H14INO4/c1-11(20)12-5-7-15(8-6-12)19-16(21)10-23-17(22)13-3-2-4-14(18)9-13/h2-9H,10H2,1H3,(H,19,21). The number of carbonyl (C=O) groups is 3. The highest BCUT2D eigenvalue weighted by atomic mass is 127. The summed E-state index contributed by atoms with van der Waals surface area (Å²) in [5, 5.41) is 2.60. The summed E-state index contributed by atoms with van der Waals surface area (Å²) in [5.41, 5.74) is 1.49. The molecule has 0 heterocycles. The molecule has 2 aromatic rings. The van der Waals surface area contributed by atoms with Crippen LogP contribution in [0.2, 0.25) is 0 Å². The first-order valence-corrected chi connectivity index (χ1v) is 7.87. The maximum absolute atomic E-state index is 11.8. The monoisotopic (exact) mass is 423 g/mol. The molecule has 0 fully saturated rings. The van der Waals surface area contributed by atoms with Gasteiger partial charge in [0.15, 0.2) is 12.4 Å². The second-order valence-electron chi connectivity index (χ2n) is 4.77. The molecule has 0 bridgehead atoms. The topological polar surface area (TPSA) is 72.5 Å². The van der Waals surface area contributed by atoms with E-state index in [0.717, 1.165) is 3.57 Å². The van der Waals surface area contributed by atoms with Crippen molar-refractivity contribution in [1.82, 2.24) is 0 Å². The average Bonchev–Trinajstić information content (AvgIpc) is 2.53. The lowest BCUT2D eigenvalue weighted by Crippen LogP contribution is -2.21. The van der Waals surface area contributed by atoms with Crippen LogP contribution in [0.4, 0.5) is 5.69 Å². The van der Waals surface area contributed by atoms with E-state index in [1.807, 2.05) is 6.07 Å². The smallest absolute Gasteiger partial charge is 0.338 e. The van der Waals surface area contributed by atoms with Gasteiger partial charge in [0.25, 0.3) is 5.91 Å². The lowest BCUT2D eigenvalue weighted by molar-refractivity contribution is -0.119. The Balaban J connectivity index is 1.87. The first kappa shape index (κ1) is 17.1. The first-order chi connectivity index (χ1) is 11.0. The van der Waals surface area contributed by atoms with Crippen LogP contribution in [0, 0.1) is 3.57 Å². The van der Waals surface area contributed by atoms with Crippen LogP contribution in [-0.4, -0.2) is 24.3 Å². The van der Waals surface area contributed by atoms with Gasteiger partial charge in [-0.25, -0.2) is 4.79 Å². The van der Waals surface area contributed by atoms with Crippen LogP contribution in [0.3, 0.4) is 0 Å². The Morgan fingerprint density at radius 3 is 2.35 bits per heavy atom. The number of benzene rings is 2. The zero-order chi connectivity index (χ0) is 16.8. The van der Waals surface area contributed by atoms with Gasteiger partial charge < -0.3 is 10.1 Å². The quantitative estimate of drug-likeness (QED) is 0.455. The number of anilines is 1. The van der Waals surface area contributed by atoms with E-state index in [-0.39, 0.29) is 12.4 Å². The molecule has 0 radical (unpaired) electrons. The summed E-state index contributed by atoms with van der Waals surface area (Å²) in [7, 11) is 0. The van der Waals surface area contributed by atoms with E-state index in [1.165, 1.54) is 6.92 Å². The normalized spacial score (nSPS) is 10.0. The van der Waals surface area contributed by atoms with Gasteiger partial charge in [0.2, 0.25) is 0 Å². The molecule has 2 rings (SSSR count). The molecule has 6 heteroatoms. The summed E-state index contributed by atoms with van der Waals surface area (Å²) in [6, 6.07) is 13.4. The Labute approximate surface area is 147 Å². The number of amides is 1. The zero-order valence-corrected chi connectivity index (χ0v) is 14.5. The van der Waals surface area contributed by atoms with Gasteiger partial charge in [0.05, 0.1) is 5.56 Å². The molecular formula is C17H14INO4. The van der Waals surface area contributed by atoms with Crippen LogP contribution in [0.5, 0.6) is 0 Å². The minimum atomic E-state index is -0.550. The van der Waals surface area contributed by atoms with Gasteiger partial charge in [0, 0.05) is 14.8 Å². The van der Waals surface area contributed by atoms with Crippen LogP contribution in [0.15, 0.2) is 48.5 Å². The van der Waals surface area contributed by atoms with Crippen molar-refractivity contribution < 1.29 is 19.1 Å². The summed E-state index contributed by atoms with van der Waals surface area (Å²) < 4.78 is 5.88. The fourth-order valence-corrected chi connectivity index (χ4v) is 2.36. The fraction of sp³-hybridized carbons (Fsp3) is 0.118. The Morgan fingerprint density at radius 2 is 1.74 bits per heavy atom. The van der Waals surface area contributed by atoms with E-state index in [1.54, 1.807) is 42.5 Å². The second-order valence-corrected chi connectivity index (χ2v) is 6.01. The number of ether oxygens (including phenoxy) is 1. The average molecular weight is 423 g/mol. The third kappa shape index (κ3) is 5.17. The van der Waals surface area contributed by atoms with Gasteiger partial charge >= 0.3 is 5.97 Å². The number of rotatable bonds is 5. The molecule has 5 nitrogen and oxygen atoms in total. The predicted octanol–water partition coefficient (Wildman–Crippen LogP) is 3.29. The summed E-state index contributed by atoms with van der Waals surface area (Å²) in [6.45, 7) is 1.09.